The topological polar surface area (TPSA) is 56.7 Å². The number of hydrogen-bond donors (Lipinski definition) is 1. The SMILES string of the molecule is Nc1ccc(-c2cnn(-c3ncc(Cl)cc3F)c2)cc1. The molecule has 3 aromatic rings. The van der Waals surface area contributed by atoms with E-state index in [9.17, 15) is 4.39 Å². The largest absolute Gasteiger partial charge is 0.399 e. The second kappa shape index (κ2) is 4.94. The summed E-state index contributed by atoms with van der Waals surface area (Å²) >= 11 is 5.68. The molecule has 0 unspecified atom stereocenters. The van der Waals surface area contributed by atoms with Gasteiger partial charge in [0.05, 0.1) is 11.2 Å². The molecular weight excluding hydrogens is 279 g/mol. The van der Waals surface area contributed by atoms with Gasteiger partial charge >= 0.3 is 0 Å². The molecule has 6 heteroatoms. The minimum Gasteiger partial charge on any atom is -0.399 e. The molecule has 0 amide bonds. The van der Waals surface area contributed by atoms with Crippen molar-refractivity contribution in [1.29, 1.82) is 0 Å². The van der Waals surface area contributed by atoms with Gasteiger partial charge in [0.1, 0.15) is 0 Å². The highest BCUT2D eigenvalue weighted by molar-refractivity contribution is 6.30. The van der Waals surface area contributed by atoms with Crippen molar-refractivity contribution in [1.82, 2.24) is 14.8 Å². The van der Waals surface area contributed by atoms with Crippen molar-refractivity contribution < 1.29 is 4.39 Å². The zero-order valence-electron chi connectivity index (χ0n) is 10.3. The molecule has 1 aromatic carbocycles. The number of aromatic nitrogens is 3. The molecule has 20 heavy (non-hydrogen) atoms. The van der Waals surface area contributed by atoms with Crippen LogP contribution < -0.4 is 5.73 Å². The van der Waals surface area contributed by atoms with Gasteiger partial charge in [-0.3, -0.25) is 0 Å². The molecule has 0 bridgehead atoms. The smallest absolute Gasteiger partial charge is 0.189 e. The van der Waals surface area contributed by atoms with Gasteiger partial charge in [-0.05, 0) is 23.8 Å². The Morgan fingerprint density at radius 3 is 2.55 bits per heavy atom. The van der Waals surface area contributed by atoms with Crippen LogP contribution in [-0.2, 0) is 0 Å². The third-order valence-corrected chi connectivity index (χ3v) is 3.04. The minimum atomic E-state index is -0.524. The number of benzene rings is 1. The number of nitrogens with zero attached hydrogens (tertiary/aromatic N) is 3. The molecule has 0 aliphatic carbocycles. The highest BCUT2D eigenvalue weighted by atomic mass is 35.5. The van der Waals surface area contributed by atoms with Gasteiger partial charge < -0.3 is 5.73 Å². The average Bonchev–Trinajstić information content (AvgIpc) is 2.89. The summed E-state index contributed by atoms with van der Waals surface area (Å²) in [4.78, 5) is 3.94. The maximum absolute atomic E-state index is 13.8. The third kappa shape index (κ3) is 2.35. The fourth-order valence-electron chi connectivity index (χ4n) is 1.84. The van der Waals surface area contributed by atoms with E-state index >= 15 is 0 Å². The summed E-state index contributed by atoms with van der Waals surface area (Å²) in [5, 5.41) is 4.36. The van der Waals surface area contributed by atoms with Crippen LogP contribution in [0.4, 0.5) is 10.1 Å². The lowest BCUT2D eigenvalue weighted by Gasteiger charge is -2.02. The molecule has 0 fully saturated rings. The fraction of sp³-hybridized carbons (Fsp3) is 0. The number of pyridine rings is 1. The van der Waals surface area contributed by atoms with Crippen molar-refractivity contribution in [3.8, 4) is 16.9 Å². The number of rotatable bonds is 2. The second-order valence-corrected chi connectivity index (χ2v) is 4.69. The van der Waals surface area contributed by atoms with Gasteiger partial charge in [-0.15, -0.1) is 0 Å². The first-order chi connectivity index (χ1) is 9.63. The Labute approximate surface area is 119 Å². The molecule has 2 aromatic heterocycles. The maximum Gasteiger partial charge on any atom is 0.189 e. The minimum absolute atomic E-state index is 0.107. The van der Waals surface area contributed by atoms with E-state index in [1.807, 2.05) is 12.1 Å². The summed E-state index contributed by atoms with van der Waals surface area (Å²) < 4.78 is 15.1. The van der Waals surface area contributed by atoms with E-state index in [4.69, 9.17) is 17.3 Å². The number of nitrogen functional groups attached to an aromatic ring is 1. The van der Waals surface area contributed by atoms with Gasteiger partial charge in [-0.1, -0.05) is 23.7 Å². The summed E-state index contributed by atoms with van der Waals surface area (Å²) in [7, 11) is 0. The third-order valence-electron chi connectivity index (χ3n) is 2.83. The number of halogens is 2. The molecule has 4 nitrogen and oxygen atoms in total. The number of hydrogen-bond acceptors (Lipinski definition) is 3. The van der Waals surface area contributed by atoms with Crippen molar-refractivity contribution in [2.24, 2.45) is 0 Å². The zero-order valence-corrected chi connectivity index (χ0v) is 11.0. The standard InChI is InChI=1S/C14H10ClFN4/c15-11-5-13(16)14(18-7-11)20-8-10(6-19-20)9-1-3-12(17)4-2-9/h1-8H,17H2. The zero-order chi connectivity index (χ0) is 14.1. The average molecular weight is 289 g/mol. The van der Waals surface area contributed by atoms with Crippen LogP contribution in [0.5, 0.6) is 0 Å². The molecule has 0 saturated heterocycles. The van der Waals surface area contributed by atoms with Crippen LogP contribution in [0, 0.1) is 5.82 Å². The molecule has 0 aliphatic rings. The summed E-state index contributed by atoms with van der Waals surface area (Å²) in [5.41, 5.74) is 8.12. The Morgan fingerprint density at radius 1 is 1.10 bits per heavy atom. The van der Waals surface area contributed by atoms with E-state index in [-0.39, 0.29) is 10.8 Å². The molecule has 0 radical (unpaired) electrons. The summed E-state index contributed by atoms with van der Waals surface area (Å²) in [6.45, 7) is 0. The van der Waals surface area contributed by atoms with E-state index in [1.54, 1.807) is 24.5 Å². The summed E-state index contributed by atoms with van der Waals surface area (Å²) in [5.74, 6) is -0.416. The van der Waals surface area contributed by atoms with Crippen LogP contribution in [0.15, 0.2) is 48.9 Å². The van der Waals surface area contributed by atoms with Crippen molar-refractivity contribution >= 4 is 17.3 Å². The second-order valence-electron chi connectivity index (χ2n) is 4.25. The van der Waals surface area contributed by atoms with Gasteiger partial charge in [0.15, 0.2) is 11.6 Å². The Balaban J connectivity index is 1.99. The monoisotopic (exact) mass is 288 g/mol. The number of anilines is 1. The Morgan fingerprint density at radius 2 is 1.85 bits per heavy atom. The molecular formula is C14H10ClFN4. The van der Waals surface area contributed by atoms with E-state index in [1.165, 1.54) is 16.9 Å². The molecule has 2 N–H and O–H groups in total. The van der Waals surface area contributed by atoms with E-state index in [0.29, 0.717) is 5.69 Å². The summed E-state index contributed by atoms with van der Waals surface area (Å²) in [6, 6.07) is 8.56. The number of nitrogens with two attached hydrogens (primary N) is 1. The first kappa shape index (κ1) is 12.6. The highest BCUT2D eigenvalue weighted by Gasteiger charge is 2.09. The van der Waals surface area contributed by atoms with Crippen molar-refractivity contribution in [3.05, 3.63) is 59.8 Å². The predicted molar refractivity (Wildman–Crippen MR) is 76.2 cm³/mol. The molecule has 0 atom stereocenters. The van der Waals surface area contributed by atoms with Gasteiger partial charge in [0.2, 0.25) is 0 Å². The Hall–Kier alpha value is -2.40. The molecule has 0 aliphatic heterocycles. The van der Waals surface area contributed by atoms with Crippen molar-refractivity contribution in [2.45, 2.75) is 0 Å². The van der Waals surface area contributed by atoms with Crippen LogP contribution in [0.3, 0.4) is 0 Å². The van der Waals surface area contributed by atoms with Gasteiger partial charge in [0, 0.05) is 23.6 Å². The van der Waals surface area contributed by atoms with Crippen LogP contribution in [-0.4, -0.2) is 14.8 Å². The molecule has 0 spiro atoms. The van der Waals surface area contributed by atoms with E-state index in [2.05, 4.69) is 10.1 Å². The molecule has 100 valence electrons. The van der Waals surface area contributed by atoms with Gasteiger partial charge in [-0.2, -0.15) is 5.10 Å². The normalized spacial score (nSPS) is 10.7. The molecule has 2 heterocycles. The van der Waals surface area contributed by atoms with E-state index < -0.39 is 5.82 Å². The van der Waals surface area contributed by atoms with Crippen molar-refractivity contribution in [2.75, 3.05) is 5.73 Å². The quantitative estimate of drug-likeness (QED) is 0.736. The lowest BCUT2D eigenvalue weighted by molar-refractivity contribution is 0.601. The van der Waals surface area contributed by atoms with Gasteiger partial charge in [-0.25, -0.2) is 14.1 Å². The Kier molecular flexibility index (Phi) is 3.12. The molecule has 3 rings (SSSR count). The maximum atomic E-state index is 13.8. The summed E-state index contributed by atoms with van der Waals surface area (Å²) in [6.07, 6.45) is 4.72. The predicted octanol–water partition coefficient (Wildman–Crippen LogP) is 3.31. The van der Waals surface area contributed by atoms with Crippen LogP contribution in [0.1, 0.15) is 0 Å². The van der Waals surface area contributed by atoms with Crippen LogP contribution >= 0.6 is 11.6 Å². The molecule has 0 saturated carbocycles. The Bertz CT molecular complexity index is 752. The first-order valence-corrected chi connectivity index (χ1v) is 6.23. The highest BCUT2D eigenvalue weighted by Crippen LogP contribution is 2.22. The first-order valence-electron chi connectivity index (χ1n) is 5.85. The van der Waals surface area contributed by atoms with E-state index in [0.717, 1.165) is 11.1 Å². The van der Waals surface area contributed by atoms with Gasteiger partial charge in [0.25, 0.3) is 0 Å². The van der Waals surface area contributed by atoms with Crippen LogP contribution in [0.2, 0.25) is 5.02 Å². The fourth-order valence-corrected chi connectivity index (χ4v) is 1.98. The lowest BCUT2D eigenvalue weighted by atomic mass is 10.1. The lowest BCUT2D eigenvalue weighted by Crippen LogP contribution is -2.01. The van der Waals surface area contributed by atoms with Crippen molar-refractivity contribution in [3.63, 3.8) is 0 Å². The van der Waals surface area contributed by atoms with Crippen LogP contribution in [0.25, 0.3) is 16.9 Å².